The van der Waals surface area contributed by atoms with Crippen molar-refractivity contribution < 1.29 is 23.1 Å². The standard InChI is InChI=1S/C26H42O5S2Si2/c1-11-25(3,4)23-19-17(27-13-15-29-19)21(32-23)22-18-20(30-16-14-28-18)24(33-22)34(7,8)31-35(9,10)26(5,6)12-2/h11-16H2,1-10H3. The molecular weight excluding hydrogens is 513 g/mol. The molecule has 0 bridgehead atoms. The fourth-order valence-electron chi connectivity index (χ4n) is 4.45. The van der Waals surface area contributed by atoms with E-state index >= 15 is 0 Å². The van der Waals surface area contributed by atoms with E-state index in [-0.39, 0.29) is 10.5 Å². The molecule has 2 aromatic heterocycles. The third-order valence-electron chi connectivity index (χ3n) is 8.07. The molecular formula is C26H42O5S2Si2. The summed E-state index contributed by atoms with van der Waals surface area (Å²) >= 11 is 3.57. The van der Waals surface area contributed by atoms with Gasteiger partial charge in [0.2, 0.25) is 8.32 Å². The lowest BCUT2D eigenvalue weighted by Crippen LogP contribution is -2.55. The first kappa shape index (κ1) is 27.0. The Morgan fingerprint density at radius 2 is 1.20 bits per heavy atom. The molecule has 196 valence electrons. The molecule has 2 aromatic rings. The van der Waals surface area contributed by atoms with Gasteiger partial charge in [-0.1, -0.05) is 48.0 Å². The van der Waals surface area contributed by atoms with Crippen molar-refractivity contribution in [3.8, 4) is 32.8 Å². The SMILES string of the molecule is CCC(C)(C)c1sc(-c2sc([Si](C)(C)O[Si](C)(C)C(C)(C)CC)c3c2OCCO3)c2c1OCCO2. The highest BCUT2D eigenvalue weighted by molar-refractivity contribution is 7.31. The summed E-state index contributed by atoms with van der Waals surface area (Å²) in [5, 5.41) is 0.188. The molecule has 0 atom stereocenters. The van der Waals surface area contributed by atoms with E-state index in [1.807, 2.05) is 0 Å². The van der Waals surface area contributed by atoms with Crippen LogP contribution in [0.3, 0.4) is 0 Å². The molecule has 0 radical (unpaired) electrons. The average Bonchev–Trinajstić information content (AvgIpc) is 3.38. The topological polar surface area (TPSA) is 46.2 Å². The van der Waals surface area contributed by atoms with Crippen molar-refractivity contribution in [1.29, 1.82) is 0 Å². The molecule has 0 amide bonds. The monoisotopic (exact) mass is 554 g/mol. The van der Waals surface area contributed by atoms with Crippen LogP contribution in [-0.4, -0.2) is 43.1 Å². The molecule has 5 nitrogen and oxygen atoms in total. The average molecular weight is 555 g/mol. The summed E-state index contributed by atoms with van der Waals surface area (Å²) in [6, 6.07) is 0. The van der Waals surface area contributed by atoms with E-state index in [9.17, 15) is 0 Å². The summed E-state index contributed by atoms with van der Waals surface area (Å²) in [5.74, 6) is 3.52. The Bertz CT molecular complexity index is 1080. The van der Waals surface area contributed by atoms with Crippen LogP contribution in [0.1, 0.15) is 59.3 Å². The zero-order valence-corrected chi connectivity index (χ0v) is 26.7. The predicted molar refractivity (Wildman–Crippen MR) is 153 cm³/mol. The quantitative estimate of drug-likeness (QED) is 0.316. The van der Waals surface area contributed by atoms with E-state index < -0.39 is 16.6 Å². The van der Waals surface area contributed by atoms with Gasteiger partial charge in [0.25, 0.3) is 0 Å². The fourth-order valence-corrected chi connectivity index (χ4v) is 16.7. The maximum absolute atomic E-state index is 7.17. The molecule has 35 heavy (non-hydrogen) atoms. The van der Waals surface area contributed by atoms with Gasteiger partial charge in [0, 0.05) is 5.41 Å². The van der Waals surface area contributed by atoms with E-state index in [4.69, 9.17) is 23.1 Å². The van der Waals surface area contributed by atoms with Gasteiger partial charge in [-0.3, -0.25) is 0 Å². The summed E-state index contributed by atoms with van der Waals surface area (Å²) in [7, 11) is -4.28. The van der Waals surface area contributed by atoms with Gasteiger partial charge in [-0.05, 0) is 37.6 Å². The number of thiophene rings is 2. The van der Waals surface area contributed by atoms with E-state index in [1.165, 1.54) is 9.38 Å². The number of ether oxygens (including phenoxy) is 4. The van der Waals surface area contributed by atoms with Crippen molar-refractivity contribution in [2.24, 2.45) is 0 Å². The summed E-state index contributed by atoms with van der Waals surface area (Å²) in [6.45, 7) is 25.4. The van der Waals surface area contributed by atoms with Crippen LogP contribution in [0.5, 0.6) is 23.0 Å². The Labute approximate surface area is 221 Å². The molecule has 0 unspecified atom stereocenters. The Balaban J connectivity index is 1.85. The van der Waals surface area contributed by atoms with E-state index in [1.54, 1.807) is 22.7 Å². The molecule has 0 saturated carbocycles. The Kier molecular flexibility index (Phi) is 7.25. The number of fused-ring (bicyclic) bond motifs is 2. The van der Waals surface area contributed by atoms with Gasteiger partial charge in [-0.25, -0.2) is 0 Å². The van der Waals surface area contributed by atoms with Crippen molar-refractivity contribution in [1.82, 2.24) is 0 Å². The van der Waals surface area contributed by atoms with E-state index in [0.717, 1.165) is 45.6 Å². The van der Waals surface area contributed by atoms with Gasteiger partial charge in [0.15, 0.2) is 31.3 Å². The largest absolute Gasteiger partial charge is 0.485 e. The van der Waals surface area contributed by atoms with Crippen LogP contribution < -0.4 is 23.4 Å². The Morgan fingerprint density at radius 3 is 1.74 bits per heavy atom. The molecule has 9 heteroatoms. The molecule has 0 aromatic carbocycles. The molecule has 0 spiro atoms. The molecule has 0 fully saturated rings. The first-order valence-electron chi connectivity index (χ1n) is 12.8. The lowest BCUT2D eigenvalue weighted by molar-refractivity contribution is 0.170. The Morgan fingerprint density at radius 1 is 0.714 bits per heavy atom. The van der Waals surface area contributed by atoms with Crippen LogP contribution in [-0.2, 0) is 9.53 Å². The molecule has 2 aliphatic rings. The van der Waals surface area contributed by atoms with Crippen LogP contribution >= 0.6 is 22.7 Å². The van der Waals surface area contributed by atoms with Crippen molar-refractivity contribution >= 4 is 43.8 Å². The van der Waals surface area contributed by atoms with E-state index in [2.05, 4.69) is 67.7 Å². The first-order valence-corrected chi connectivity index (χ1v) is 20.3. The lowest BCUT2D eigenvalue weighted by atomic mass is 9.88. The zero-order valence-electron chi connectivity index (χ0n) is 23.1. The van der Waals surface area contributed by atoms with E-state index in [0.29, 0.717) is 26.4 Å². The van der Waals surface area contributed by atoms with Crippen molar-refractivity contribution in [2.45, 2.75) is 91.0 Å². The highest BCUT2D eigenvalue weighted by Gasteiger charge is 2.47. The second-order valence-corrected chi connectivity index (χ2v) is 22.9. The minimum Gasteiger partial charge on any atom is -0.485 e. The van der Waals surface area contributed by atoms with Gasteiger partial charge >= 0.3 is 0 Å². The number of hydrogen-bond donors (Lipinski definition) is 0. The second kappa shape index (κ2) is 9.38. The van der Waals surface area contributed by atoms with Crippen LogP contribution in [0, 0.1) is 0 Å². The molecule has 2 aliphatic heterocycles. The minimum atomic E-state index is -2.30. The maximum atomic E-state index is 7.17. The molecule has 0 aliphatic carbocycles. The fraction of sp³-hybridized carbons (Fsp3) is 0.692. The zero-order chi connectivity index (χ0) is 25.8. The molecule has 4 heterocycles. The van der Waals surface area contributed by atoms with Gasteiger partial charge in [0.05, 0.1) is 19.1 Å². The van der Waals surface area contributed by atoms with Gasteiger partial charge < -0.3 is 23.1 Å². The highest BCUT2D eigenvalue weighted by Crippen LogP contribution is 2.58. The number of hydrogen-bond acceptors (Lipinski definition) is 7. The minimum absolute atomic E-state index is 0.00367. The second-order valence-electron chi connectivity index (χ2n) is 11.8. The van der Waals surface area contributed by atoms with Crippen molar-refractivity contribution in [3.05, 3.63) is 4.88 Å². The summed E-state index contributed by atoms with van der Waals surface area (Å²) in [5.41, 5.74) is 0.00367. The van der Waals surface area contributed by atoms with Crippen LogP contribution in [0.15, 0.2) is 0 Å². The smallest absolute Gasteiger partial charge is 0.221 e. The summed E-state index contributed by atoms with van der Waals surface area (Å²) < 4.78 is 33.4. The molecule has 4 rings (SSSR count). The van der Waals surface area contributed by atoms with Gasteiger partial charge in [-0.15, -0.1) is 22.7 Å². The van der Waals surface area contributed by atoms with Crippen LogP contribution in [0.4, 0.5) is 0 Å². The van der Waals surface area contributed by atoms with Gasteiger partial charge in [0.1, 0.15) is 26.4 Å². The highest BCUT2D eigenvalue weighted by atomic mass is 32.1. The normalized spacial score (nSPS) is 16.5. The number of rotatable bonds is 8. The maximum Gasteiger partial charge on any atom is 0.221 e. The molecule has 0 saturated heterocycles. The Hall–Kier alpha value is -1.01. The first-order chi connectivity index (χ1) is 16.3. The van der Waals surface area contributed by atoms with Crippen molar-refractivity contribution in [3.63, 3.8) is 0 Å². The van der Waals surface area contributed by atoms with Gasteiger partial charge in [-0.2, -0.15) is 0 Å². The predicted octanol–water partition coefficient (Wildman–Crippen LogP) is 7.53. The summed E-state index contributed by atoms with van der Waals surface area (Å²) in [4.78, 5) is 3.44. The van der Waals surface area contributed by atoms with Crippen LogP contribution in [0.2, 0.25) is 31.2 Å². The summed E-state index contributed by atoms with van der Waals surface area (Å²) in [6.07, 6.45) is 2.13. The van der Waals surface area contributed by atoms with Crippen LogP contribution in [0.25, 0.3) is 9.75 Å². The molecule has 0 N–H and O–H groups in total. The third kappa shape index (κ3) is 4.71. The third-order valence-corrected chi connectivity index (χ3v) is 21.5. The lowest BCUT2D eigenvalue weighted by Gasteiger charge is -2.43. The van der Waals surface area contributed by atoms with Crippen molar-refractivity contribution in [2.75, 3.05) is 26.4 Å².